The third kappa shape index (κ3) is 4.00. The molecule has 0 saturated carbocycles. The van der Waals surface area contributed by atoms with Crippen LogP contribution in [0.5, 0.6) is 0 Å². The number of H-pyrrole nitrogens is 1. The summed E-state index contributed by atoms with van der Waals surface area (Å²) < 4.78 is 0.635. The van der Waals surface area contributed by atoms with Crippen molar-refractivity contribution in [3.63, 3.8) is 0 Å². The van der Waals surface area contributed by atoms with Crippen LogP contribution in [-0.2, 0) is 10.5 Å². The van der Waals surface area contributed by atoms with Gasteiger partial charge in [0.1, 0.15) is 10.5 Å². The number of carbonyl (C=O) groups is 1. The predicted molar refractivity (Wildman–Crippen MR) is 96.2 cm³/mol. The van der Waals surface area contributed by atoms with Gasteiger partial charge in [-0.2, -0.15) is 0 Å². The second kappa shape index (κ2) is 6.97. The van der Waals surface area contributed by atoms with E-state index in [0.29, 0.717) is 27.5 Å². The second-order valence-electron chi connectivity index (χ2n) is 5.06. The summed E-state index contributed by atoms with van der Waals surface area (Å²) in [6.07, 6.45) is 0. The van der Waals surface area contributed by atoms with Crippen molar-refractivity contribution in [1.29, 1.82) is 0 Å². The highest BCUT2D eigenvalue weighted by atomic mass is 32.2. The first-order chi connectivity index (χ1) is 11.1. The first kappa shape index (κ1) is 15.8. The molecule has 0 fully saturated rings. The summed E-state index contributed by atoms with van der Waals surface area (Å²) in [4.78, 5) is 30.9. The van der Waals surface area contributed by atoms with Crippen LogP contribution in [-0.4, -0.2) is 21.6 Å². The summed E-state index contributed by atoms with van der Waals surface area (Å²) in [6, 6.07) is 9.49. The van der Waals surface area contributed by atoms with Gasteiger partial charge in [0.25, 0.3) is 5.56 Å². The highest BCUT2D eigenvalue weighted by molar-refractivity contribution is 7.99. The van der Waals surface area contributed by atoms with Crippen LogP contribution in [0, 0.1) is 6.92 Å². The molecule has 0 spiro atoms. The number of hydrogen-bond donors (Lipinski definition) is 2. The molecule has 0 aliphatic heterocycles. The molecule has 0 saturated heterocycles. The molecule has 3 aromatic rings. The van der Waals surface area contributed by atoms with Crippen LogP contribution in [0.15, 0.2) is 40.5 Å². The van der Waals surface area contributed by atoms with E-state index in [1.807, 2.05) is 42.6 Å². The van der Waals surface area contributed by atoms with Crippen LogP contribution in [0.25, 0.3) is 10.2 Å². The molecule has 2 heterocycles. The highest BCUT2D eigenvalue weighted by Crippen LogP contribution is 2.16. The van der Waals surface area contributed by atoms with Gasteiger partial charge in [-0.25, -0.2) is 4.98 Å². The lowest BCUT2D eigenvalue weighted by Crippen LogP contribution is -2.15. The zero-order valence-electron chi connectivity index (χ0n) is 12.5. The van der Waals surface area contributed by atoms with Crippen LogP contribution >= 0.6 is 23.1 Å². The Hall–Kier alpha value is -2.12. The number of amides is 1. The number of thioether (sulfide) groups is 1. The number of hydrogen-bond acceptors (Lipinski definition) is 5. The van der Waals surface area contributed by atoms with Crippen LogP contribution in [0.4, 0.5) is 5.69 Å². The van der Waals surface area contributed by atoms with Crippen LogP contribution < -0.4 is 10.9 Å². The van der Waals surface area contributed by atoms with E-state index in [1.165, 1.54) is 23.1 Å². The Morgan fingerprint density at radius 3 is 3.09 bits per heavy atom. The maximum atomic E-state index is 11.9. The molecule has 0 bridgehead atoms. The molecule has 0 radical (unpaired) electrons. The van der Waals surface area contributed by atoms with Gasteiger partial charge >= 0.3 is 0 Å². The number of rotatable bonds is 5. The molecule has 7 heteroatoms. The topological polar surface area (TPSA) is 74.8 Å². The Morgan fingerprint density at radius 1 is 1.39 bits per heavy atom. The van der Waals surface area contributed by atoms with Gasteiger partial charge in [-0.05, 0) is 36.1 Å². The number of nitrogens with one attached hydrogen (secondary N) is 2. The van der Waals surface area contributed by atoms with Crippen molar-refractivity contribution in [2.45, 2.75) is 12.7 Å². The zero-order valence-corrected chi connectivity index (χ0v) is 14.1. The molecule has 0 aliphatic carbocycles. The van der Waals surface area contributed by atoms with E-state index in [4.69, 9.17) is 0 Å². The average molecular weight is 345 g/mol. The van der Waals surface area contributed by atoms with Gasteiger partial charge in [-0.15, -0.1) is 23.1 Å². The summed E-state index contributed by atoms with van der Waals surface area (Å²) >= 11 is 2.79. The normalized spacial score (nSPS) is 10.8. The number of carbonyl (C=O) groups excluding carboxylic acids is 1. The van der Waals surface area contributed by atoms with Gasteiger partial charge in [0, 0.05) is 5.69 Å². The lowest BCUT2D eigenvalue weighted by molar-refractivity contribution is -0.113. The van der Waals surface area contributed by atoms with Crippen LogP contribution in [0.2, 0.25) is 0 Å². The van der Waals surface area contributed by atoms with E-state index < -0.39 is 0 Å². The third-order valence-electron chi connectivity index (χ3n) is 3.14. The number of benzene rings is 1. The summed E-state index contributed by atoms with van der Waals surface area (Å²) in [5.41, 5.74) is 2.48. The lowest BCUT2D eigenvalue weighted by atomic mass is 10.2. The Balaban J connectivity index is 1.56. The SMILES string of the molecule is Cc1cccc(NC(=O)CSCc2nc3ccsc3c(=O)[nH]2)c1. The Kier molecular flexibility index (Phi) is 4.78. The van der Waals surface area contributed by atoms with Gasteiger partial charge in [0.15, 0.2) is 0 Å². The fourth-order valence-electron chi connectivity index (χ4n) is 2.15. The number of aromatic amines is 1. The van der Waals surface area contributed by atoms with E-state index in [2.05, 4.69) is 15.3 Å². The molecule has 0 unspecified atom stereocenters. The van der Waals surface area contributed by atoms with Crippen LogP contribution in [0.1, 0.15) is 11.4 Å². The van der Waals surface area contributed by atoms with Crippen molar-refractivity contribution in [2.24, 2.45) is 0 Å². The van der Waals surface area contributed by atoms with Gasteiger partial charge in [-0.3, -0.25) is 9.59 Å². The van der Waals surface area contributed by atoms with Crippen molar-refractivity contribution in [3.8, 4) is 0 Å². The molecule has 5 nitrogen and oxygen atoms in total. The van der Waals surface area contributed by atoms with Crippen molar-refractivity contribution in [2.75, 3.05) is 11.1 Å². The molecular weight excluding hydrogens is 330 g/mol. The number of thiophene rings is 1. The van der Waals surface area contributed by atoms with Gasteiger partial charge < -0.3 is 10.3 Å². The molecule has 2 aromatic heterocycles. The second-order valence-corrected chi connectivity index (χ2v) is 6.96. The minimum atomic E-state index is -0.121. The van der Waals surface area contributed by atoms with Gasteiger partial charge in [0.05, 0.1) is 17.0 Å². The number of aromatic nitrogens is 2. The quantitative estimate of drug-likeness (QED) is 0.745. The van der Waals surface area contributed by atoms with Gasteiger partial charge in [0.2, 0.25) is 5.91 Å². The third-order valence-corrected chi connectivity index (χ3v) is 4.98. The Labute approximate surface area is 141 Å². The maximum absolute atomic E-state index is 11.9. The minimum absolute atomic E-state index is 0.0699. The number of nitrogens with zero attached hydrogens (tertiary/aromatic N) is 1. The molecule has 3 rings (SSSR count). The highest BCUT2D eigenvalue weighted by Gasteiger charge is 2.07. The molecule has 1 amide bonds. The van der Waals surface area contributed by atoms with Crippen molar-refractivity contribution in [1.82, 2.24) is 9.97 Å². The molecule has 23 heavy (non-hydrogen) atoms. The summed E-state index contributed by atoms with van der Waals surface area (Å²) in [6.45, 7) is 1.98. The summed E-state index contributed by atoms with van der Waals surface area (Å²) in [7, 11) is 0. The maximum Gasteiger partial charge on any atom is 0.268 e. The van der Waals surface area contributed by atoms with Crippen molar-refractivity contribution in [3.05, 3.63) is 57.5 Å². The minimum Gasteiger partial charge on any atom is -0.325 e. The fraction of sp³-hybridized carbons (Fsp3) is 0.188. The molecule has 2 N–H and O–H groups in total. The van der Waals surface area contributed by atoms with E-state index in [9.17, 15) is 9.59 Å². The largest absolute Gasteiger partial charge is 0.325 e. The number of anilines is 1. The lowest BCUT2D eigenvalue weighted by Gasteiger charge is -2.06. The molecule has 1 aromatic carbocycles. The zero-order chi connectivity index (χ0) is 16.2. The average Bonchev–Trinajstić information content (AvgIpc) is 2.96. The van der Waals surface area contributed by atoms with Crippen molar-refractivity contribution >= 4 is 44.9 Å². The molecule has 0 aliphatic rings. The number of fused-ring (bicyclic) bond motifs is 1. The smallest absolute Gasteiger partial charge is 0.268 e. The molecule has 118 valence electrons. The fourth-order valence-corrected chi connectivity index (χ4v) is 3.57. The van der Waals surface area contributed by atoms with E-state index in [1.54, 1.807) is 0 Å². The van der Waals surface area contributed by atoms with E-state index in [-0.39, 0.29) is 11.5 Å². The van der Waals surface area contributed by atoms with E-state index in [0.717, 1.165) is 11.3 Å². The molecular formula is C16H15N3O2S2. The Morgan fingerprint density at radius 2 is 2.26 bits per heavy atom. The predicted octanol–water partition coefficient (Wildman–Crippen LogP) is 3.16. The van der Waals surface area contributed by atoms with Crippen molar-refractivity contribution < 1.29 is 4.79 Å². The number of aryl methyl sites for hydroxylation is 1. The first-order valence-electron chi connectivity index (χ1n) is 7.02. The summed E-state index contributed by atoms with van der Waals surface area (Å²) in [5, 5.41) is 4.70. The van der Waals surface area contributed by atoms with E-state index >= 15 is 0 Å². The summed E-state index contributed by atoms with van der Waals surface area (Å²) in [5.74, 6) is 1.32. The van der Waals surface area contributed by atoms with Gasteiger partial charge in [-0.1, -0.05) is 12.1 Å². The monoisotopic (exact) mass is 345 g/mol. The first-order valence-corrected chi connectivity index (χ1v) is 9.06. The standard InChI is InChI=1S/C16H15N3O2S2/c1-10-3-2-4-11(7-10)17-14(20)9-22-8-13-18-12-5-6-23-15(12)16(21)19-13/h2-7H,8-9H2,1H3,(H,17,20)(H,18,19,21). The van der Waals surface area contributed by atoms with Crippen LogP contribution in [0.3, 0.4) is 0 Å². The molecule has 0 atom stereocenters. The Bertz CT molecular complexity index is 901.